The van der Waals surface area contributed by atoms with Crippen molar-refractivity contribution in [3.05, 3.63) is 35.4 Å². The fraction of sp³-hybridized carbons (Fsp3) is 0.429. The summed E-state index contributed by atoms with van der Waals surface area (Å²) in [5.74, 6) is -3.60. The third-order valence-corrected chi connectivity index (χ3v) is 3.32. The number of carbonyl (C=O) groups is 2. The van der Waals surface area contributed by atoms with E-state index in [2.05, 4.69) is 5.32 Å². The van der Waals surface area contributed by atoms with Crippen LogP contribution in [0.25, 0.3) is 0 Å². The highest BCUT2D eigenvalue weighted by Gasteiger charge is 2.27. The number of carbonyl (C=O) groups excluding carboxylic acids is 1. The van der Waals surface area contributed by atoms with Crippen LogP contribution >= 0.6 is 0 Å². The lowest BCUT2D eigenvalue weighted by molar-refractivity contribution is -0.142. The Labute approximate surface area is 119 Å². The number of amides is 1. The molecule has 0 radical (unpaired) electrons. The molecule has 0 spiro atoms. The van der Waals surface area contributed by atoms with Gasteiger partial charge in [0, 0.05) is 25.2 Å². The molecule has 0 bridgehead atoms. The molecule has 1 aromatic carbocycles. The van der Waals surface area contributed by atoms with E-state index in [0.29, 0.717) is 13.2 Å². The highest BCUT2D eigenvalue weighted by molar-refractivity contribution is 5.84. The van der Waals surface area contributed by atoms with Gasteiger partial charge in [-0.05, 0) is 30.5 Å². The van der Waals surface area contributed by atoms with E-state index >= 15 is 0 Å². The van der Waals surface area contributed by atoms with Gasteiger partial charge in [-0.2, -0.15) is 0 Å². The van der Waals surface area contributed by atoms with Crippen LogP contribution < -0.4 is 5.32 Å². The van der Waals surface area contributed by atoms with Crippen molar-refractivity contribution in [2.24, 2.45) is 5.92 Å². The second kappa shape index (κ2) is 6.62. The molecule has 1 amide bonds. The molecule has 7 heteroatoms. The van der Waals surface area contributed by atoms with Gasteiger partial charge in [0.1, 0.15) is 11.6 Å². The Morgan fingerprint density at radius 3 is 2.81 bits per heavy atom. The molecule has 2 N–H and O–H groups in total. The quantitative estimate of drug-likeness (QED) is 0.866. The van der Waals surface area contributed by atoms with Crippen molar-refractivity contribution in [2.45, 2.75) is 18.9 Å². The molecule has 2 rings (SSSR count). The Morgan fingerprint density at radius 2 is 2.19 bits per heavy atom. The maximum Gasteiger partial charge on any atom is 0.331 e. The van der Waals surface area contributed by atoms with E-state index in [1.54, 1.807) is 0 Å². The summed E-state index contributed by atoms with van der Waals surface area (Å²) >= 11 is 0. The maximum atomic E-state index is 13.6. The number of carboxylic acids is 1. The number of benzene rings is 1. The van der Waals surface area contributed by atoms with E-state index in [-0.39, 0.29) is 12.3 Å². The zero-order valence-electron chi connectivity index (χ0n) is 11.1. The molecule has 1 saturated heterocycles. The SMILES string of the molecule is O=C(CC1CCOC1)NC(C(=O)O)c1cc(F)ccc1F. The van der Waals surface area contributed by atoms with Gasteiger partial charge in [0.05, 0.1) is 0 Å². The molecule has 5 nitrogen and oxygen atoms in total. The highest BCUT2D eigenvalue weighted by Crippen LogP contribution is 2.21. The Bertz CT molecular complexity index is 544. The van der Waals surface area contributed by atoms with E-state index in [0.717, 1.165) is 24.6 Å². The molecule has 1 fully saturated rings. The average molecular weight is 299 g/mol. The smallest absolute Gasteiger partial charge is 0.331 e. The van der Waals surface area contributed by atoms with Crippen molar-refractivity contribution in [3.63, 3.8) is 0 Å². The third-order valence-electron chi connectivity index (χ3n) is 3.32. The molecule has 114 valence electrons. The van der Waals surface area contributed by atoms with E-state index in [9.17, 15) is 18.4 Å². The normalized spacial score (nSPS) is 19.2. The average Bonchev–Trinajstić information content (AvgIpc) is 2.91. The van der Waals surface area contributed by atoms with Crippen LogP contribution in [0.5, 0.6) is 0 Å². The molecule has 0 aliphatic carbocycles. The van der Waals surface area contributed by atoms with E-state index in [1.807, 2.05) is 0 Å². The van der Waals surface area contributed by atoms with Crippen LogP contribution in [0.3, 0.4) is 0 Å². The van der Waals surface area contributed by atoms with Crippen molar-refractivity contribution in [3.8, 4) is 0 Å². The summed E-state index contributed by atoms with van der Waals surface area (Å²) < 4.78 is 31.9. The van der Waals surface area contributed by atoms with Gasteiger partial charge in [0.15, 0.2) is 6.04 Å². The number of aliphatic carboxylic acids is 1. The van der Waals surface area contributed by atoms with Gasteiger partial charge >= 0.3 is 5.97 Å². The van der Waals surface area contributed by atoms with Crippen molar-refractivity contribution in [1.29, 1.82) is 0 Å². The van der Waals surface area contributed by atoms with Gasteiger partial charge in [-0.15, -0.1) is 0 Å². The molecule has 2 atom stereocenters. The lowest BCUT2D eigenvalue weighted by Gasteiger charge is -2.17. The fourth-order valence-corrected chi connectivity index (χ4v) is 2.23. The molecular weight excluding hydrogens is 284 g/mol. The fourth-order valence-electron chi connectivity index (χ4n) is 2.23. The summed E-state index contributed by atoms with van der Waals surface area (Å²) in [5, 5.41) is 11.4. The van der Waals surface area contributed by atoms with Crippen molar-refractivity contribution >= 4 is 11.9 Å². The molecular formula is C14H15F2NO4. The Balaban J connectivity index is 2.09. The second-order valence-corrected chi connectivity index (χ2v) is 4.94. The summed E-state index contributed by atoms with van der Waals surface area (Å²) in [4.78, 5) is 23.0. The van der Waals surface area contributed by atoms with Crippen LogP contribution in [0.15, 0.2) is 18.2 Å². The number of ether oxygens (including phenoxy) is 1. The first-order chi connectivity index (χ1) is 9.97. The molecule has 1 aliphatic rings. The minimum absolute atomic E-state index is 0.0248. The zero-order valence-corrected chi connectivity index (χ0v) is 11.1. The number of hydrogen-bond acceptors (Lipinski definition) is 3. The molecule has 21 heavy (non-hydrogen) atoms. The first kappa shape index (κ1) is 15.4. The van der Waals surface area contributed by atoms with Crippen LogP contribution in [0.4, 0.5) is 8.78 Å². The van der Waals surface area contributed by atoms with Gasteiger partial charge < -0.3 is 15.2 Å². The molecule has 0 saturated carbocycles. The predicted octanol–water partition coefficient (Wildman–Crippen LogP) is 1.63. The van der Waals surface area contributed by atoms with Crippen LogP contribution in [0.2, 0.25) is 0 Å². The topological polar surface area (TPSA) is 75.6 Å². The van der Waals surface area contributed by atoms with Gasteiger partial charge in [0.25, 0.3) is 0 Å². The summed E-state index contributed by atoms with van der Waals surface area (Å²) in [6.45, 7) is 1.01. The Kier molecular flexibility index (Phi) is 4.85. The number of carboxylic acid groups (broad SMARTS) is 1. The van der Waals surface area contributed by atoms with Crippen LogP contribution in [0, 0.1) is 17.6 Å². The summed E-state index contributed by atoms with van der Waals surface area (Å²) in [7, 11) is 0. The van der Waals surface area contributed by atoms with Gasteiger partial charge in [-0.1, -0.05) is 0 Å². The highest BCUT2D eigenvalue weighted by atomic mass is 19.1. The number of rotatable bonds is 5. The van der Waals surface area contributed by atoms with Crippen LogP contribution in [0.1, 0.15) is 24.4 Å². The molecule has 1 aliphatic heterocycles. The zero-order chi connectivity index (χ0) is 15.4. The van der Waals surface area contributed by atoms with Crippen molar-refractivity contribution < 1.29 is 28.2 Å². The summed E-state index contributed by atoms with van der Waals surface area (Å²) in [6, 6.07) is 0.871. The first-order valence-corrected chi connectivity index (χ1v) is 6.52. The second-order valence-electron chi connectivity index (χ2n) is 4.94. The first-order valence-electron chi connectivity index (χ1n) is 6.52. The Morgan fingerprint density at radius 1 is 1.43 bits per heavy atom. The molecule has 1 heterocycles. The molecule has 0 aromatic heterocycles. The van der Waals surface area contributed by atoms with Crippen LogP contribution in [-0.2, 0) is 14.3 Å². The number of halogens is 2. The number of nitrogens with one attached hydrogen (secondary N) is 1. The van der Waals surface area contributed by atoms with Crippen molar-refractivity contribution in [2.75, 3.05) is 13.2 Å². The molecule has 1 aromatic rings. The number of hydrogen-bond donors (Lipinski definition) is 2. The van der Waals surface area contributed by atoms with Gasteiger partial charge in [-0.3, -0.25) is 4.79 Å². The van der Waals surface area contributed by atoms with Crippen LogP contribution in [-0.4, -0.2) is 30.2 Å². The third kappa shape index (κ3) is 3.98. The van der Waals surface area contributed by atoms with E-state index in [1.165, 1.54) is 0 Å². The lowest BCUT2D eigenvalue weighted by Crippen LogP contribution is -2.35. The summed E-state index contributed by atoms with van der Waals surface area (Å²) in [5.41, 5.74) is -0.404. The standard InChI is InChI=1S/C14H15F2NO4/c15-9-1-2-11(16)10(6-9)13(14(19)20)17-12(18)5-8-3-4-21-7-8/h1-2,6,8,13H,3-5,7H2,(H,17,18)(H,19,20). The van der Waals surface area contributed by atoms with Gasteiger partial charge in [-0.25, -0.2) is 13.6 Å². The Hall–Kier alpha value is -2.02. The lowest BCUT2D eigenvalue weighted by atomic mass is 10.0. The van der Waals surface area contributed by atoms with E-state index < -0.39 is 35.1 Å². The maximum absolute atomic E-state index is 13.6. The molecule has 2 unspecified atom stereocenters. The monoisotopic (exact) mass is 299 g/mol. The van der Waals surface area contributed by atoms with E-state index in [4.69, 9.17) is 9.84 Å². The predicted molar refractivity (Wildman–Crippen MR) is 68.4 cm³/mol. The minimum atomic E-state index is -1.62. The largest absolute Gasteiger partial charge is 0.479 e. The van der Waals surface area contributed by atoms with Crippen molar-refractivity contribution in [1.82, 2.24) is 5.32 Å². The minimum Gasteiger partial charge on any atom is -0.479 e. The van der Waals surface area contributed by atoms with Gasteiger partial charge in [0.2, 0.25) is 5.91 Å². The summed E-state index contributed by atoms with van der Waals surface area (Å²) in [6.07, 6.45) is 0.820.